The van der Waals surface area contributed by atoms with Crippen molar-refractivity contribution in [1.29, 1.82) is 5.26 Å². The molecule has 7 nitrogen and oxygen atoms in total. The average Bonchev–Trinajstić information content (AvgIpc) is 3.14. The van der Waals surface area contributed by atoms with Crippen LogP contribution in [0.15, 0.2) is 10.4 Å². The molecule has 2 fully saturated rings. The predicted molar refractivity (Wildman–Crippen MR) is 89.4 cm³/mol. The summed E-state index contributed by atoms with van der Waals surface area (Å²) in [6.45, 7) is 3.54. The highest BCUT2D eigenvalue weighted by molar-refractivity contribution is 7.11. The van der Waals surface area contributed by atoms with E-state index in [0.717, 1.165) is 5.56 Å². The third kappa shape index (κ3) is 3.06. The minimum absolute atomic E-state index is 0.150. The lowest BCUT2D eigenvalue weighted by Crippen LogP contribution is -2.31. The second kappa shape index (κ2) is 6.43. The van der Waals surface area contributed by atoms with E-state index in [1.54, 1.807) is 11.2 Å². The fourth-order valence-corrected chi connectivity index (χ4v) is 3.86. The standard InChI is InChI=1S/C16H21N3O4S/c1-16(2)22-14-10(6-20)21-13(15(14)23-16)9-7-24-11(5-17)12(9)18-8-19(3)4/h7-8,10,13-15,20H,6H2,1-4H3/t10-,13+,14-,15+/m1/s1. The number of rotatable bonds is 4. The summed E-state index contributed by atoms with van der Waals surface area (Å²) in [4.78, 5) is 6.76. The lowest BCUT2D eigenvalue weighted by molar-refractivity contribution is -0.191. The fraction of sp³-hybridized carbons (Fsp3) is 0.625. The van der Waals surface area contributed by atoms with Gasteiger partial charge in [-0.15, -0.1) is 11.3 Å². The first kappa shape index (κ1) is 17.3. The van der Waals surface area contributed by atoms with E-state index < -0.39 is 18.0 Å². The van der Waals surface area contributed by atoms with Gasteiger partial charge in [-0.25, -0.2) is 4.99 Å². The summed E-state index contributed by atoms with van der Waals surface area (Å²) in [7, 11) is 3.73. The van der Waals surface area contributed by atoms with Crippen molar-refractivity contribution in [2.75, 3.05) is 20.7 Å². The monoisotopic (exact) mass is 351 g/mol. The molecule has 0 unspecified atom stereocenters. The van der Waals surface area contributed by atoms with Gasteiger partial charge in [0.25, 0.3) is 0 Å². The van der Waals surface area contributed by atoms with Crippen molar-refractivity contribution in [2.24, 2.45) is 4.99 Å². The molecule has 0 radical (unpaired) electrons. The normalized spacial score (nSPS) is 31.3. The predicted octanol–water partition coefficient (Wildman–Crippen LogP) is 1.79. The van der Waals surface area contributed by atoms with Crippen LogP contribution in [0.2, 0.25) is 0 Å². The third-order valence-corrected chi connectivity index (χ3v) is 4.84. The Kier molecular flexibility index (Phi) is 4.64. The first-order valence-electron chi connectivity index (χ1n) is 7.70. The van der Waals surface area contributed by atoms with Gasteiger partial charge in [0.05, 0.1) is 18.6 Å². The van der Waals surface area contributed by atoms with Gasteiger partial charge >= 0.3 is 0 Å². The van der Waals surface area contributed by atoms with Gasteiger partial charge in [-0.2, -0.15) is 5.26 Å². The van der Waals surface area contributed by atoms with Crippen LogP contribution in [-0.4, -0.2) is 61.1 Å². The molecule has 3 rings (SSSR count). The summed E-state index contributed by atoms with van der Waals surface area (Å²) in [5, 5.41) is 20.8. The Morgan fingerprint density at radius 3 is 2.75 bits per heavy atom. The maximum Gasteiger partial charge on any atom is 0.164 e. The van der Waals surface area contributed by atoms with E-state index in [1.807, 2.05) is 33.3 Å². The zero-order valence-electron chi connectivity index (χ0n) is 14.1. The zero-order chi connectivity index (χ0) is 17.5. The van der Waals surface area contributed by atoms with Crippen molar-refractivity contribution in [3.05, 3.63) is 15.8 Å². The van der Waals surface area contributed by atoms with E-state index >= 15 is 0 Å². The van der Waals surface area contributed by atoms with Gasteiger partial charge in [0.15, 0.2) is 5.79 Å². The number of hydrogen-bond donors (Lipinski definition) is 1. The average molecular weight is 351 g/mol. The molecule has 0 amide bonds. The van der Waals surface area contributed by atoms with Crippen LogP contribution >= 0.6 is 11.3 Å². The van der Waals surface area contributed by atoms with Crippen molar-refractivity contribution >= 4 is 23.4 Å². The first-order chi connectivity index (χ1) is 11.4. The van der Waals surface area contributed by atoms with E-state index in [9.17, 15) is 10.4 Å². The van der Waals surface area contributed by atoms with E-state index in [4.69, 9.17) is 14.2 Å². The number of fused-ring (bicyclic) bond motifs is 1. The molecule has 0 saturated carbocycles. The Labute approximate surface area is 145 Å². The maximum absolute atomic E-state index is 9.60. The molecule has 130 valence electrons. The number of nitrogens with zero attached hydrogens (tertiary/aromatic N) is 3. The van der Waals surface area contributed by atoms with Crippen molar-refractivity contribution in [2.45, 2.75) is 44.1 Å². The van der Waals surface area contributed by atoms with Gasteiger partial charge < -0.3 is 24.2 Å². The summed E-state index contributed by atoms with van der Waals surface area (Å²) in [5.74, 6) is -0.730. The SMILES string of the molecule is CN(C)C=Nc1c([C@@H]2O[C@H](CO)[C@H]3OC(C)(C)O[C@H]32)csc1C#N. The van der Waals surface area contributed by atoms with E-state index in [-0.39, 0.29) is 18.8 Å². The minimum atomic E-state index is -0.730. The second-order valence-corrected chi connectivity index (χ2v) is 7.41. The summed E-state index contributed by atoms with van der Waals surface area (Å²) in [6.07, 6.45) is 0.0790. The van der Waals surface area contributed by atoms with Crippen LogP contribution in [0.3, 0.4) is 0 Å². The Bertz CT molecular complexity index is 679. The number of aliphatic hydroxyl groups is 1. The molecule has 24 heavy (non-hydrogen) atoms. The van der Waals surface area contributed by atoms with Crippen molar-refractivity contribution in [3.8, 4) is 6.07 Å². The van der Waals surface area contributed by atoms with Gasteiger partial charge in [0.1, 0.15) is 35.4 Å². The van der Waals surface area contributed by atoms with Crippen LogP contribution in [0.4, 0.5) is 5.69 Å². The molecule has 2 aliphatic heterocycles. The molecule has 1 N–H and O–H groups in total. The van der Waals surface area contributed by atoms with Crippen molar-refractivity contribution < 1.29 is 19.3 Å². The van der Waals surface area contributed by atoms with Crippen molar-refractivity contribution in [1.82, 2.24) is 4.90 Å². The molecule has 1 aromatic heterocycles. The number of ether oxygens (including phenoxy) is 3. The highest BCUT2D eigenvalue weighted by Crippen LogP contribution is 2.48. The van der Waals surface area contributed by atoms with E-state index in [2.05, 4.69) is 11.1 Å². The topological polar surface area (TPSA) is 87.3 Å². The highest BCUT2D eigenvalue weighted by atomic mass is 32.1. The zero-order valence-corrected chi connectivity index (χ0v) is 14.9. The first-order valence-corrected chi connectivity index (χ1v) is 8.58. The summed E-state index contributed by atoms with van der Waals surface area (Å²) in [5.41, 5.74) is 1.38. The van der Waals surface area contributed by atoms with Gasteiger partial charge in [0.2, 0.25) is 0 Å². The molecule has 3 heterocycles. The van der Waals surface area contributed by atoms with Crippen LogP contribution in [0.5, 0.6) is 0 Å². The van der Waals surface area contributed by atoms with E-state index in [1.165, 1.54) is 11.3 Å². The molecule has 0 aliphatic carbocycles. The summed E-state index contributed by atoms with van der Waals surface area (Å²) >= 11 is 1.33. The van der Waals surface area contributed by atoms with Crippen LogP contribution in [0, 0.1) is 11.3 Å². The minimum Gasteiger partial charge on any atom is -0.394 e. The molecule has 4 atom stereocenters. The Hall–Kier alpha value is -1.50. The molecular weight excluding hydrogens is 330 g/mol. The molecular formula is C16H21N3O4S. The lowest BCUT2D eigenvalue weighted by Gasteiger charge is -2.23. The third-order valence-electron chi connectivity index (χ3n) is 3.95. The number of nitriles is 1. The number of thiophene rings is 1. The van der Waals surface area contributed by atoms with Gasteiger partial charge in [0, 0.05) is 25.0 Å². The number of hydrogen-bond acceptors (Lipinski definition) is 7. The highest BCUT2D eigenvalue weighted by Gasteiger charge is 2.55. The Morgan fingerprint density at radius 2 is 2.12 bits per heavy atom. The Morgan fingerprint density at radius 1 is 1.42 bits per heavy atom. The molecule has 2 aliphatic rings. The van der Waals surface area contributed by atoms with Gasteiger partial charge in [-0.3, -0.25) is 0 Å². The fourth-order valence-electron chi connectivity index (χ4n) is 3.03. The smallest absolute Gasteiger partial charge is 0.164 e. The van der Waals surface area contributed by atoms with Gasteiger partial charge in [-0.05, 0) is 13.8 Å². The Balaban J connectivity index is 1.97. The van der Waals surface area contributed by atoms with Crippen LogP contribution < -0.4 is 0 Å². The molecule has 8 heteroatoms. The molecule has 2 saturated heterocycles. The van der Waals surface area contributed by atoms with Crippen LogP contribution in [-0.2, 0) is 14.2 Å². The van der Waals surface area contributed by atoms with Gasteiger partial charge in [-0.1, -0.05) is 0 Å². The molecule has 0 bridgehead atoms. The van der Waals surface area contributed by atoms with E-state index in [0.29, 0.717) is 10.6 Å². The summed E-state index contributed by atoms with van der Waals surface area (Å²) < 4.78 is 17.9. The molecule has 0 aromatic carbocycles. The van der Waals surface area contributed by atoms with Crippen LogP contribution in [0.1, 0.15) is 30.4 Å². The van der Waals surface area contributed by atoms with Crippen LogP contribution in [0.25, 0.3) is 0 Å². The second-order valence-electron chi connectivity index (χ2n) is 6.53. The maximum atomic E-state index is 9.60. The van der Waals surface area contributed by atoms with Crippen molar-refractivity contribution in [3.63, 3.8) is 0 Å². The lowest BCUT2D eigenvalue weighted by atomic mass is 10.0. The largest absolute Gasteiger partial charge is 0.394 e. The number of aliphatic imine (C=N–C) groups is 1. The number of aliphatic hydroxyl groups excluding tert-OH is 1. The molecule has 0 spiro atoms. The summed E-state index contributed by atoms with van der Waals surface area (Å²) in [6, 6.07) is 2.17. The quantitative estimate of drug-likeness (QED) is 0.657. The molecule has 1 aromatic rings.